The molecule has 0 amide bonds. The Labute approximate surface area is 77.2 Å². The van der Waals surface area contributed by atoms with Gasteiger partial charge in [0.1, 0.15) is 7.85 Å². The number of nitrogens with zero attached hydrogens (tertiary/aromatic N) is 2. The predicted octanol–water partition coefficient (Wildman–Crippen LogP) is 0.303. The van der Waals surface area contributed by atoms with Crippen LogP contribution in [0.1, 0.15) is 5.89 Å². The molecule has 2 aromatic rings. The Morgan fingerprint density at radius 3 is 2.38 bits per heavy atom. The smallest absolute Gasteiger partial charge is 0.247 e. The quantitative estimate of drug-likeness (QED) is 0.580. The summed E-state index contributed by atoms with van der Waals surface area (Å²) in [5.74, 6) is 1.17. The Bertz CT molecular complexity index is 408. The first kappa shape index (κ1) is 8.04. The molecular formula is C9H9BN2O. The van der Waals surface area contributed by atoms with Crippen LogP contribution in [0.4, 0.5) is 0 Å². The van der Waals surface area contributed by atoms with Crippen LogP contribution in [-0.4, -0.2) is 18.0 Å². The van der Waals surface area contributed by atoms with E-state index in [2.05, 4.69) is 10.2 Å². The lowest BCUT2D eigenvalue weighted by Crippen LogP contribution is -1.99. The minimum atomic E-state index is 0.581. The van der Waals surface area contributed by atoms with Crippen LogP contribution >= 0.6 is 0 Å². The lowest BCUT2D eigenvalue weighted by molar-refractivity contribution is 0.533. The first-order valence-electron chi connectivity index (χ1n) is 4.13. The van der Waals surface area contributed by atoms with Crippen LogP contribution in [0.3, 0.4) is 0 Å². The van der Waals surface area contributed by atoms with Crippen molar-refractivity contribution in [3.8, 4) is 11.5 Å². The summed E-state index contributed by atoms with van der Waals surface area (Å²) in [5.41, 5.74) is 2.19. The van der Waals surface area contributed by atoms with E-state index < -0.39 is 0 Å². The molecule has 1 aromatic carbocycles. The zero-order chi connectivity index (χ0) is 9.26. The molecule has 2 rings (SSSR count). The van der Waals surface area contributed by atoms with Crippen molar-refractivity contribution < 1.29 is 4.42 Å². The second-order valence-corrected chi connectivity index (χ2v) is 2.99. The molecule has 4 heteroatoms. The molecule has 0 aliphatic carbocycles. The van der Waals surface area contributed by atoms with Gasteiger partial charge >= 0.3 is 0 Å². The Hall–Kier alpha value is -1.58. The average molecular weight is 172 g/mol. The minimum Gasteiger partial charge on any atom is -0.421 e. The van der Waals surface area contributed by atoms with E-state index in [-0.39, 0.29) is 0 Å². The zero-order valence-corrected chi connectivity index (χ0v) is 7.61. The number of aryl methyl sites for hydroxylation is 1. The van der Waals surface area contributed by atoms with Gasteiger partial charge in [-0.05, 0) is 0 Å². The lowest BCUT2D eigenvalue weighted by atomic mass is 9.95. The van der Waals surface area contributed by atoms with Gasteiger partial charge < -0.3 is 4.42 Å². The van der Waals surface area contributed by atoms with Crippen LogP contribution in [0.5, 0.6) is 0 Å². The Balaban J connectivity index is 2.41. The molecular weight excluding hydrogens is 163 g/mol. The van der Waals surface area contributed by atoms with Gasteiger partial charge in [0.05, 0.1) is 0 Å². The number of hydrogen-bond donors (Lipinski definition) is 0. The minimum absolute atomic E-state index is 0.581. The molecule has 0 aliphatic rings. The van der Waals surface area contributed by atoms with E-state index in [1.807, 2.05) is 32.1 Å². The summed E-state index contributed by atoms with van der Waals surface area (Å²) in [4.78, 5) is 0. The lowest BCUT2D eigenvalue weighted by Gasteiger charge is -1.94. The summed E-state index contributed by atoms with van der Waals surface area (Å²) in [6.07, 6.45) is 0. The number of benzene rings is 1. The monoisotopic (exact) mass is 172 g/mol. The summed E-state index contributed by atoms with van der Waals surface area (Å²) in [7, 11) is 2.04. The summed E-state index contributed by atoms with van der Waals surface area (Å²) >= 11 is 0. The summed E-state index contributed by atoms with van der Waals surface area (Å²) in [5, 5.41) is 7.70. The van der Waals surface area contributed by atoms with Gasteiger partial charge in [0.15, 0.2) is 0 Å². The van der Waals surface area contributed by atoms with Crippen LogP contribution in [-0.2, 0) is 0 Å². The molecule has 0 saturated carbocycles. The van der Waals surface area contributed by atoms with Crippen LogP contribution < -0.4 is 5.46 Å². The van der Waals surface area contributed by atoms with Gasteiger partial charge in [0, 0.05) is 12.5 Å². The largest absolute Gasteiger partial charge is 0.421 e. The molecule has 0 saturated heterocycles. The average Bonchev–Trinajstić information content (AvgIpc) is 2.53. The fourth-order valence-corrected chi connectivity index (χ4v) is 1.11. The van der Waals surface area contributed by atoms with E-state index in [4.69, 9.17) is 4.42 Å². The Kier molecular flexibility index (Phi) is 1.89. The van der Waals surface area contributed by atoms with E-state index in [0.717, 1.165) is 5.56 Å². The van der Waals surface area contributed by atoms with Crippen molar-refractivity contribution in [2.24, 2.45) is 0 Å². The van der Waals surface area contributed by atoms with Gasteiger partial charge in [-0.2, -0.15) is 0 Å². The van der Waals surface area contributed by atoms with Crippen molar-refractivity contribution >= 4 is 13.3 Å². The SMILES string of the molecule is Bc1ccc(-c2nnc(C)o2)cc1. The standard InChI is InChI=1S/C9H9BN2O/c1-6-11-12-9(13-6)7-2-4-8(10)5-3-7/h2-5H,10H2,1H3. The van der Waals surface area contributed by atoms with E-state index in [1.165, 1.54) is 5.46 Å². The number of hydrogen-bond acceptors (Lipinski definition) is 3. The van der Waals surface area contributed by atoms with Gasteiger partial charge in [-0.25, -0.2) is 0 Å². The maximum absolute atomic E-state index is 5.29. The van der Waals surface area contributed by atoms with Gasteiger partial charge in [-0.15, -0.1) is 10.2 Å². The fraction of sp³-hybridized carbons (Fsp3) is 0.111. The van der Waals surface area contributed by atoms with Gasteiger partial charge in [0.2, 0.25) is 11.8 Å². The van der Waals surface area contributed by atoms with Crippen LogP contribution in [0.15, 0.2) is 28.7 Å². The van der Waals surface area contributed by atoms with Crippen LogP contribution in [0.2, 0.25) is 0 Å². The van der Waals surface area contributed by atoms with Gasteiger partial charge in [0.25, 0.3) is 0 Å². The van der Waals surface area contributed by atoms with Gasteiger partial charge in [-0.3, -0.25) is 0 Å². The van der Waals surface area contributed by atoms with Crippen molar-refractivity contribution in [2.75, 3.05) is 0 Å². The van der Waals surface area contributed by atoms with E-state index in [0.29, 0.717) is 11.8 Å². The van der Waals surface area contributed by atoms with Crippen molar-refractivity contribution in [2.45, 2.75) is 6.92 Å². The molecule has 0 spiro atoms. The van der Waals surface area contributed by atoms with E-state index in [1.54, 1.807) is 6.92 Å². The number of aromatic nitrogens is 2. The maximum atomic E-state index is 5.29. The molecule has 0 unspecified atom stereocenters. The van der Waals surface area contributed by atoms with Crippen molar-refractivity contribution in [3.63, 3.8) is 0 Å². The maximum Gasteiger partial charge on any atom is 0.247 e. The van der Waals surface area contributed by atoms with Crippen molar-refractivity contribution in [3.05, 3.63) is 30.2 Å². The molecule has 13 heavy (non-hydrogen) atoms. The third-order valence-corrected chi connectivity index (χ3v) is 1.82. The molecule has 1 aromatic heterocycles. The van der Waals surface area contributed by atoms with Crippen LogP contribution in [0.25, 0.3) is 11.5 Å². The van der Waals surface area contributed by atoms with Crippen LogP contribution in [0, 0.1) is 6.92 Å². The molecule has 0 atom stereocenters. The molecule has 0 aliphatic heterocycles. The predicted molar refractivity (Wildman–Crippen MR) is 52.6 cm³/mol. The highest BCUT2D eigenvalue weighted by Gasteiger charge is 2.03. The highest BCUT2D eigenvalue weighted by atomic mass is 16.4. The third kappa shape index (κ3) is 1.61. The topological polar surface area (TPSA) is 38.9 Å². The zero-order valence-electron chi connectivity index (χ0n) is 7.61. The molecule has 0 N–H and O–H groups in total. The molecule has 0 bridgehead atoms. The normalized spacial score (nSPS) is 10.2. The Morgan fingerprint density at radius 1 is 1.15 bits per heavy atom. The second kappa shape index (κ2) is 3.05. The molecule has 0 radical (unpaired) electrons. The third-order valence-electron chi connectivity index (χ3n) is 1.82. The number of rotatable bonds is 1. The van der Waals surface area contributed by atoms with Crippen molar-refractivity contribution in [1.82, 2.24) is 10.2 Å². The first-order valence-corrected chi connectivity index (χ1v) is 4.13. The Morgan fingerprint density at radius 2 is 1.85 bits per heavy atom. The van der Waals surface area contributed by atoms with E-state index in [9.17, 15) is 0 Å². The summed E-state index contributed by atoms with van der Waals surface area (Å²) in [6.45, 7) is 1.78. The highest BCUT2D eigenvalue weighted by molar-refractivity contribution is 6.32. The molecule has 1 heterocycles. The van der Waals surface area contributed by atoms with E-state index >= 15 is 0 Å². The first-order chi connectivity index (χ1) is 6.25. The van der Waals surface area contributed by atoms with Gasteiger partial charge in [-0.1, -0.05) is 29.7 Å². The molecule has 64 valence electrons. The van der Waals surface area contributed by atoms with Crippen molar-refractivity contribution in [1.29, 1.82) is 0 Å². The molecule has 0 fully saturated rings. The second-order valence-electron chi connectivity index (χ2n) is 2.99. The summed E-state index contributed by atoms with van der Waals surface area (Å²) < 4.78 is 5.29. The summed E-state index contributed by atoms with van der Waals surface area (Å²) in [6, 6.07) is 7.99. The highest BCUT2D eigenvalue weighted by Crippen LogP contribution is 2.15. The fourth-order valence-electron chi connectivity index (χ4n) is 1.11. The molecule has 3 nitrogen and oxygen atoms in total.